The van der Waals surface area contributed by atoms with E-state index >= 15 is 0 Å². The maximum Gasteiger partial charge on any atom is 0.141 e. The van der Waals surface area contributed by atoms with Crippen LogP contribution in [-0.2, 0) is 0 Å². The third-order valence-electron chi connectivity index (χ3n) is 7.86. The fourth-order valence-corrected chi connectivity index (χ4v) is 7.50. The van der Waals surface area contributed by atoms with Crippen molar-refractivity contribution < 1.29 is 4.39 Å². The van der Waals surface area contributed by atoms with Crippen LogP contribution in [0.2, 0.25) is 18.7 Å². The lowest BCUT2D eigenvalue weighted by molar-refractivity contribution is 0.112. The Morgan fingerprint density at radius 3 is 2.57 bits per heavy atom. The van der Waals surface area contributed by atoms with Crippen molar-refractivity contribution in [2.45, 2.75) is 31.8 Å². The molecule has 2 aliphatic heterocycles. The van der Waals surface area contributed by atoms with Crippen LogP contribution < -0.4 is 21.6 Å². The summed E-state index contributed by atoms with van der Waals surface area (Å²) in [4.78, 5) is 6.89. The monoisotopic (exact) mass is 690 g/mol. The zero-order valence-electron chi connectivity index (χ0n) is 23.4. The third-order valence-corrected chi connectivity index (χ3v) is 9.95. The molecule has 8 nitrogen and oxygen atoms in total. The number of nitriles is 1. The van der Waals surface area contributed by atoms with Crippen LogP contribution in [0.4, 0.5) is 21.5 Å². The van der Waals surface area contributed by atoms with Crippen molar-refractivity contribution in [3.05, 3.63) is 90.2 Å². The van der Waals surface area contributed by atoms with Gasteiger partial charge in [0.05, 0.1) is 42.9 Å². The number of halogens is 5. The summed E-state index contributed by atoms with van der Waals surface area (Å²) < 4.78 is 15.0. The van der Waals surface area contributed by atoms with Gasteiger partial charge in [0.1, 0.15) is 16.2 Å². The van der Waals surface area contributed by atoms with Gasteiger partial charge in [0, 0.05) is 53.9 Å². The Balaban J connectivity index is 1.37. The summed E-state index contributed by atoms with van der Waals surface area (Å²) in [7, 11) is 0. The van der Waals surface area contributed by atoms with E-state index in [1.807, 2.05) is 12.1 Å². The van der Waals surface area contributed by atoms with Gasteiger partial charge in [0.15, 0.2) is 0 Å². The Hall–Kier alpha value is -3.01. The zero-order chi connectivity index (χ0) is 31.0. The smallest absolute Gasteiger partial charge is 0.141 e. The molecule has 6 rings (SSSR count). The van der Waals surface area contributed by atoms with Gasteiger partial charge in [-0.3, -0.25) is 9.99 Å². The van der Waals surface area contributed by atoms with E-state index < -0.39 is 11.9 Å². The summed E-state index contributed by atoms with van der Waals surface area (Å²) in [6.07, 6.45) is 5.59. The molecule has 228 valence electrons. The van der Waals surface area contributed by atoms with Crippen molar-refractivity contribution in [2.75, 3.05) is 30.3 Å². The van der Waals surface area contributed by atoms with Gasteiger partial charge in [-0.15, -0.1) is 16.9 Å². The van der Waals surface area contributed by atoms with Crippen LogP contribution in [0.25, 0.3) is 10.9 Å². The number of thiophene rings is 1. The molecule has 0 amide bonds. The summed E-state index contributed by atoms with van der Waals surface area (Å²) in [5.74, 6) is -0.542. The first kappa shape index (κ1) is 31.0. The van der Waals surface area contributed by atoms with E-state index in [9.17, 15) is 9.65 Å². The summed E-state index contributed by atoms with van der Waals surface area (Å²) in [5.41, 5.74) is 10.7. The Labute approximate surface area is 278 Å². The number of hydrogen-bond donors (Lipinski definition) is 4. The molecule has 0 saturated carbocycles. The number of aromatic nitrogens is 1. The topological polar surface area (TPSA) is 91.3 Å². The average Bonchev–Trinajstić information content (AvgIpc) is 3.64. The van der Waals surface area contributed by atoms with E-state index in [2.05, 4.69) is 55.7 Å². The predicted molar refractivity (Wildman–Crippen MR) is 178 cm³/mol. The molecular weight excluding hydrogens is 665 g/mol. The minimum Gasteiger partial charge on any atom is -0.373 e. The molecule has 0 bridgehead atoms. The number of nitrogens with one attached hydrogen (secondary N) is 4. The first-order chi connectivity index (χ1) is 21.2. The molecule has 0 unspecified atom stereocenters. The minimum atomic E-state index is -0.542. The van der Waals surface area contributed by atoms with Crippen molar-refractivity contribution in [3.8, 4) is 6.07 Å². The number of likely N-dealkylation sites (tertiary alicyclic amines) is 1. The highest BCUT2D eigenvalue weighted by Crippen LogP contribution is 2.41. The second-order valence-corrected chi connectivity index (χ2v) is 13.6. The lowest BCUT2D eigenvalue weighted by atomic mass is 10.0. The quantitative estimate of drug-likeness (QED) is 0.146. The number of pyridine rings is 1. The Morgan fingerprint density at radius 2 is 1.89 bits per heavy atom. The minimum absolute atomic E-state index is 0.0442. The van der Waals surface area contributed by atoms with E-state index in [4.69, 9.17) is 46.4 Å². The van der Waals surface area contributed by atoms with E-state index in [0.717, 1.165) is 43.7 Å². The normalized spacial score (nSPS) is 16.5. The lowest BCUT2D eigenvalue weighted by Gasteiger charge is -2.35. The van der Waals surface area contributed by atoms with Crippen LogP contribution >= 0.6 is 57.7 Å². The van der Waals surface area contributed by atoms with Crippen LogP contribution in [0.1, 0.15) is 36.9 Å². The Morgan fingerprint density at radius 1 is 1.11 bits per heavy atom. The number of nitrogens with zero attached hydrogens (tertiary/aromatic N) is 4. The maximum atomic E-state index is 13.8. The molecule has 4 N–H and O–H groups in total. The second kappa shape index (κ2) is 13.2. The number of rotatable bonds is 8. The van der Waals surface area contributed by atoms with Crippen LogP contribution in [0.3, 0.4) is 0 Å². The third kappa shape index (κ3) is 6.37. The molecular formula is C30H27Cl4FN8S. The van der Waals surface area contributed by atoms with Crippen LogP contribution in [-0.4, -0.2) is 40.6 Å². The first-order valence-electron chi connectivity index (χ1n) is 13.9. The molecule has 2 aromatic heterocycles. The number of anilines is 3. The van der Waals surface area contributed by atoms with Gasteiger partial charge in [0.2, 0.25) is 0 Å². The number of piperidine rings is 1. The van der Waals surface area contributed by atoms with Crippen molar-refractivity contribution in [2.24, 2.45) is 0 Å². The lowest BCUT2D eigenvalue weighted by Crippen LogP contribution is -2.48. The Kier molecular flexibility index (Phi) is 9.26. The van der Waals surface area contributed by atoms with E-state index in [1.165, 1.54) is 29.7 Å². The van der Waals surface area contributed by atoms with Crippen LogP contribution in [0.15, 0.2) is 54.5 Å². The van der Waals surface area contributed by atoms with Gasteiger partial charge in [-0.2, -0.15) is 5.26 Å². The van der Waals surface area contributed by atoms with Crippen molar-refractivity contribution in [1.82, 2.24) is 25.9 Å². The summed E-state index contributed by atoms with van der Waals surface area (Å²) in [5, 5.41) is 19.7. The van der Waals surface area contributed by atoms with Crippen molar-refractivity contribution in [1.29, 1.82) is 5.26 Å². The highest BCUT2D eigenvalue weighted by atomic mass is 35.5. The molecule has 1 atom stereocenters. The first-order valence-corrected chi connectivity index (χ1v) is 16.3. The van der Waals surface area contributed by atoms with Gasteiger partial charge in [-0.25, -0.2) is 4.39 Å². The molecule has 4 heterocycles. The van der Waals surface area contributed by atoms with Gasteiger partial charge in [-0.1, -0.05) is 53.3 Å². The highest BCUT2D eigenvalue weighted by Gasteiger charge is 2.30. The molecule has 2 aliphatic rings. The van der Waals surface area contributed by atoms with Gasteiger partial charge >= 0.3 is 0 Å². The molecule has 1 fully saturated rings. The van der Waals surface area contributed by atoms with Crippen LogP contribution in [0, 0.1) is 17.1 Å². The average molecular weight is 692 g/mol. The standard InChI is InChI=1S/C30H27Cl4FN8S/c1-2-42-7-5-19(6-8-42)43-15-25(40-41-43)29(21-12-26(33)44-30(21)34)39-18-9-20-27(38-17-3-4-24(35)22(31)10-17)16(13-36)14-37-28(20)23(32)11-18/h3-4,9-12,14-15,19,29,39-41H,2,5-8H2,1H3,(H,37,38)/t29-/m0/s1. The van der Waals surface area contributed by atoms with E-state index in [-0.39, 0.29) is 10.6 Å². The number of hydrazine groups is 2. The molecule has 1 saturated heterocycles. The molecule has 0 aliphatic carbocycles. The highest BCUT2D eigenvalue weighted by molar-refractivity contribution is 7.20. The van der Waals surface area contributed by atoms with Gasteiger partial charge in [-0.05, 0) is 55.8 Å². The van der Waals surface area contributed by atoms with Crippen LogP contribution in [0.5, 0.6) is 0 Å². The largest absolute Gasteiger partial charge is 0.373 e. The molecule has 4 aromatic rings. The fraction of sp³-hybridized carbons (Fsp3) is 0.267. The molecule has 0 radical (unpaired) electrons. The SMILES string of the molecule is CCN1CCC(N2C=C([C@@H](Nc3cc(Cl)c4ncc(C#N)c(Nc5ccc(F)c(Cl)c5)c4c3)c3cc(Cl)sc3Cl)NN2)CC1. The van der Waals surface area contributed by atoms with Gasteiger partial charge in [0.25, 0.3) is 0 Å². The zero-order valence-corrected chi connectivity index (χ0v) is 27.2. The second-order valence-electron chi connectivity index (χ2n) is 10.5. The van der Waals surface area contributed by atoms with Gasteiger partial charge < -0.3 is 21.0 Å². The summed E-state index contributed by atoms with van der Waals surface area (Å²) in [6, 6.07) is 11.8. The van der Waals surface area contributed by atoms with E-state index in [0.29, 0.717) is 47.7 Å². The predicted octanol–water partition coefficient (Wildman–Crippen LogP) is 8.47. The molecule has 0 spiro atoms. The number of benzene rings is 2. The number of hydrogen-bond acceptors (Lipinski definition) is 9. The maximum absolute atomic E-state index is 13.8. The summed E-state index contributed by atoms with van der Waals surface area (Å²) in [6.45, 7) is 5.33. The van der Waals surface area contributed by atoms with Crippen molar-refractivity contribution >= 4 is 85.7 Å². The molecule has 2 aromatic carbocycles. The van der Waals surface area contributed by atoms with Crippen molar-refractivity contribution in [3.63, 3.8) is 0 Å². The fourth-order valence-electron chi connectivity index (χ4n) is 5.52. The summed E-state index contributed by atoms with van der Waals surface area (Å²) >= 11 is 27.2. The molecule has 14 heteroatoms. The molecule has 44 heavy (non-hydrogen) atoms. The Bertz CT molecular complexity index is 1780. The number of fused-ring (bicyclic) bond motifs is 1. The van der Waals surface area contributed by atoms with E-state index in [1.54, 1.807) is 12.1 Å².